The average molecular weight is 142 g/mol. The highest BCUT2D eigenvalue weighted by molar-refractivity contribution is 7.38. The lowest BCUT2D eigenvalue weighted by Crippen LogP contribution is -2.32. The molecule has 2 rings (SSSR count). The fourth-order valence-corrected chi connectivity index (χ4v) is 3.80. The van der Waals surface area contributed by atoms with Crippen LogP contribution in [-0.4, -0.2) is 12.3 Å². The SMILES string of the molecule is C1CC2(C1)CCPCC2. The van der Waals surface area contributed by atoms with Crippen LogP contribution in [0.2, 0.25) is 0 Å². The van der Waals surface area contributed by atoms with Crippen LogP contribution in [0.25, 0.3) is 0 Å². The number of hydrogen-bond acceptors (Lipinski definition) is 0. The first kappa shape index (κ1) is 6.16. The Kier molecular flexibility index (Phi) is 1.53. The van der Waals surface area contributed by atoms with E-state index in [1.54, 1.807) is 38.0 Å². The van der Waals surface area contributed by atoms with Crippen LogP contribution in [-0.2, 0) is 0 Å². The Morgan fingerprint density at radius 2 is 1.56 bits per heavy atom. The molecule has 52 valence electrons. The maximum atomic E-state index is 1.57. The molecule has 2 aliphatic rings. The van der Waals surface area contributed by atoms with E-state index in [9.17, 15) is 0 Å². The summed E-state index contributed by atoms with van der Waals surface area (Å²) in [5, 5.41) is 0. The van der Waals surface area contributed by atoms with Gasteiger partial charge < -0.3 is 0 Å². The number of hydrogen-bond donors (Lipinski definition) is 0. The molecular weight excluding hydrogens is 127 g/mol. The first-order valence-electron chi connectivity index (χ1n) is 4.12. The summed E-state index contributed by atoms with van der Waals surface area (Å²) in [5.74, 6) is 0. The predicted octanol–water partition coefficient (Wildman–Crippen LogP) is 2.63. The first-order valence-corrected chi connectivity index (χ1v) is 5.54. The zero-order valence-electron chi connectivity index (χ0n) is 5.95. The lowest BCUT2D eigenvalue weighted by molar-refractivity contribution is 0.119. The third-order valence-corrected chi connectivity index (χ3v) is 4.29. The Morgan fingerprint density at radius 3 is 1.89 bits per heavy atom. The van der Waals surface area contributed by atoms with Gasteiger partial charge in [0.05, 0.1) is 0 Å². The molecule has 0 radical (unpaired) electrons. The van der Waals surface area contributed by atoms with E-state index < -0.39 is 0 Å². The van der Waals surface area contributed by atoms with Crippen LogP contribution in [0, 0.1) is 5.41 Å². The third-order valence-electron chi connectivity index (χ3n) is 3.08. The third kappa shape index (κ3) is 1.03. The molecule has 2 fully saturated rings. The minimum atomic E-state index is 0.908. The highest BCUT2D eigenvalue weighted by Gasteiger charge is 2.37. The molecular formula is C8H15P. The first-order chi connectivity index (χ1) is 4.41. The van der Waals surface area contributed by atoms with Crippen molar-refractivity contribution in [1.29, 1.82) is 0 Å². The van der Waals surface area contributed by atoms with Crippen LogP contribution in [0.1, 0.15) is 32.1 Å². The quantitative estimate of drug-likeness (QED) is 0.456. The summed E-state index contributed by atoms with van der Waals surface area (Å²) in [6.07, 6.45) is 10.9. The van der Waals surface area contributed by atoms with Crippen molar-refractivity contribution < 1.29 is 0 Å². The van der Waals surface area contributed by atoms with Crippen molar-refractivity contribution in [2.45, 2.75) is 32.1 Å². The van der Waals surface area contributed by atoms with Crippen LogP contribution in [0.5, 0.6) is 0 Å². The molecule has 0 amide bonds. The second kappa shape index (κ2) is 2.23. The normalized spacial score (nSPS) is 32.0. The maximum absolute atomic E-state index is 1.57. The van der Waals surface area contributed by atoms with Gasteiger partial charge in [-0.15, -0.1) is 8.58 Å². The molecule has 1 aliphatic heterocycles. The molecule has 0 unspecified atom stereocenters. The summed E-state index contributed by atoms with van der Waals surface area (Å²) >= 11 is 0. The van der Waals surface area contributed by atoms with Gasteiger partial charge in [0.1, 0.15) is 0 Å². The predicted molar refractivity (Wildman–Crippen MR) is 43.6 cm³/mol. The van der Waals surface area contributed by atoms with Crippen molar-refractivity contribution in [3.63, 3.8) is 0 Å². The van der Waals surface area contributed by atoms with E-state index in [1.165, 1.54) is 15.0 Å². The summed E-state index contributed by atoms with van der Waals surface area (Å²) in [4.78, 5) is 0. The highest BCUT2D eigenvalue weighted by Crippen LogP contribution is 2.51. The van der Waals surface area contributed by atoms with E-state index in [1.807, 2.05) is 0 Å². The van der Waals surface area contributed by atoms with Crippen LogP contribution in [0.15, 0.2) is 0 Å². The van der Waals surface area contributed by atoms with Gasteiger partial charge in [0.25, 0.3) is 0 Å². The minimum absolute atomic E-state index is 0.908. The van der Waals surface area contributed by atoms with Gasteiger partial charge in [-0.05, 0) is 43.4 Å². The van der Waals surface area contributed by atoms with Crippen molar-refractivity contribution >= 4 is 8.58 Å². The van der Waals surface area contributed by atoms with Crippen LogP contribution >= 0.6 is 8.58 Å². The lowest BCUT2D eigenvalue weighted by Gasteiger charge is -2.44. The second-order valence-electron chi connectivity index (χ2n) is 3.60. The van der Waals surface area contributed by atoms with Crippen molar-refractivity contribution in [2.24, 2.45) is 5.41 Å². The Bertz CT molecular complexity index is 97.1. The topological polar surface area (TPSA) is 0 Å². The Balaban J connectivity index is 1.93. The van der Waals surface area contributed by atoms with E-state index >= 15 is 0 Å². The van der Waals surface area contributed by atoms with Gasteiger partial charge >= 0.3 is 0 Å². The smallest absolute Gasteiger partial charge is 0.0291 e. The Labute approximate surface area is 59.2 Å². The molecule has 9 heavy (non-hydrogen) atoms. The summed E-state index contributed by atoms with van der Waals surface area (Å²) in [5.41, 5.74) is 0.908. The zero-order valence-corrected chi connectivity index (χ0v) is 6.95. The van der Waals surface area contributed by atoms with Crippen molar-refractivity contribution in [1.82, 2.24) is 0 Å². The maximum Gasteiger partial charge on any atom is -0.0291 e. The summed E-state index contributed by atoms with van der Waals surface area (Å²) in [6, 6.07) is 0. The Morgan fingerprint density at radius 1 is 0.889 bits per heavy atom. The molecule has 1 saturated heterocycles. The van der Waals surface area contributed by atoms with Crippen LogP contribution in [0.3, 0.4) is 0 Å². The molecule has 0 aromatic rings. The largest absolute Gasteiger partial charge is 0.122 e. The molecule has 0 atom stereocenters. The van der Waals surface area contributed by atoms with Crippen molar-refractivity contribution in [3.05, 3.63) is 0 Å². The molecule has 1 aliphatic carbocycles. The van der Waals surface area contributed by atoms with E-state index in [-0.39, 0.29) is 0 Å². The molecule has 1 spiro atoms. The number of rotatable bonds is 0. The second-order valence-corrected chi connectivity index (χ2v) is 5.10. The molecule has 0 N–H and O–H groups in total. The average Bonchev–Trinajstić information content (AvgIpc) is 1.87. The monoisotopic (exact) mass is 142 g/mol. The van der Waals surface area contributed by atoms with Gasteiger partial charge in [0.2, 0.25) is 0 Å². The highest BCUT2D eigenvalue weighted by atomic mass is 31.1. The van der Waals surface area contributed by atoms with Gasteiger partial charge in [-0.25, -0.2) is 0 Å². The van der Waals surface area contributed by atoms with Crippen LogP contribution < -0.4 is 0 Å². The molecule has 0 aromatic heterocycles. The van der Waals surface area contributed by atoms with Crippen molar-refractivity contribution in [2.75, 3.05) is 12.3 Å². The van der Waals surface area contributed by atoms with Crippen molar-refractivity contribution in [3.8, 4) is 0 Å². The summed E-state index contributed by atoms with van der Waals surface area (Å²) < 4.78 is 0. The van der Waals surface area contributed by atoms with E-state index in [4.69, 9.17) is 0 Å². The van der Waals surface area contributed by atoms with Gasteiger partial charge in [0, 0.05) is 0 Å². The summed E-state index contributed by atoms with van der Waals surface area (Å²) in [7, 11) is 1.31. The molecule has 0 bridgehead atoms. The molecule has 0 nitrogen and oxygen atoms in total. The zero-order chi connectivity index (χ0) is 6.16. The summed E-state index contributed by atoms with van der Waals surface area (Å²) in [6.45, 7) is 0. The molecule has 0 aromatic carbocycles. The molecule has 1 heterocycles. The minimum Gasteiger partial charge on any atom is -0.122 e. The van der Waals surface area contributed by atoms with Gasteiger partial charge in [-0.3, -0.25) is 0 Å². The standard InChI is InChI=1S/C8H15P/c1-2-8(3-1)4-6-9-7-5-8/h9H,1-7H2. The van der Waals surface area contributed by atoms with E-state index in [2.05, 4.69) is 0 Å². The van der Waals surface area contributed by atoms with Gasteiger partial charge in [-0.1, -0.05) is 6.42 Å². The van der Waals surface area contributed by atoms with E-state index in [0.29, 0.717) is 0 Å². The van der Waals surface area contributed by atoms with Gasteiger partial charge in [0.15, 0.2) is 0 Å². The lowest BCUT2D eigenvalue weighted by atomic mass is 9.65. The fourth-order valence-electron chi connectivity index (χ4n) is 2.13. The van der Waals surface area contributed by atoms with Crippen LogP contribution in [0.4, 0.5) is 0 Å². The Hall–Kier alpha value is 0.430. The fraction of sp³-hybridized carbons (Fsp3) is 1.00. The molecule has 1 heteroatoms. The molecule has 1 saturated carbocycles. The van der Waals surface area contributed by atoms with Gasteiger partial charge in [-0.2, -0.15) is 0 Å². The van der Waals surface area contributed by atoms with E-state index in [0.717, 1.165) is 5.41 Å².